The molecule has 2 aromatic carbocycles. The number of alkyl halides is 3. The molecule has 0 aliphatic heterocycles. The molecule has 1 amide bonds. The van der Waals surface area contributed by atoms with Crippen LogP contribution in [0.1, 0.15) is 18.1 Å². The van der Waals surface area contributed by atoms with Crippen molar-refractivity contribution >= 4 is 35.1 Å². The summed E-state index contributed by atoms with van der Waals surface area (Å²) in [5.74, 6) is -3.99. The van der Waals surface area contributed by atoms with Crippen LogP contribution in [0.25, 0.3) is 0 Å². The van der Waals surface area contributed by atoms with Crippen molar-refractivity contribution in [3.63, 3.8) is 0 Å². The van der Waals surface area contributed by atoms with Crippen molar-refractivity contribution in [1.29, 1.82) is 0 Å². The molecule has 1 unspecified atom stereocenters. The van der Waals surface area contributed by atoms with Crippen LogP contribution in [0.3, 0.4) is 0 Å². The topological polar surface area (TPSA) is 122 Å². The number of aliphatic carboxylic acids is 1. The number of carboxylic acid groups (broad SMARTS) is 1. The SMILES string of the molecule is CC(O)(C(=O)Nc1ccc(C([O-])=N[C@@H](Cc2ccccc2)C(=O)O)cc1Cl)C(F)(F)F.[Na+]. The van der Waals surface area contributed by atoms with Gasteiger partial charge in [-0.3, -0.25) is 9.79 Å². The average Bonchev–Trinajstić information content (AvgIpc) is 2.68. The predicted octanol–water partition coefficient (Wildman–Crippen LogP) is -0.601. The number of nitrogens with one attached hydrogen (secondary N) is 1. The van der Waals surface area contributed by atoms with Crippen LogP contribution in [0.15, 0.2) is 53.5 Å². The maximum Gasteiger partial charge on any atom is 1.00 e. The van der Waals surface area contributed by atoms with Crippen LogP contribution in [0.5, 0.6) is 0 Å². The summed E-state index contributed by atoms with van der Waals surface area (Å²) in [5.41, 5.74) is -3.43. The molecule has 0 spiro atoms. The molecule has 2 aromatic rings. The van der Waals surface area contributed by atoms with Gasteiger partial charge in [0.1, 0.15) is 0 Å². The molecule has 0 bridgehead atoms. The molecule has 166 valence electrons. The molecule has 0 aliphatic carbocycles. The van der Waals surface area contributed by atoms with Gasteiger partial charge in [0.05, 0.1) is 10.7 Å². The van der Waals surface area contributed by atoms with Crippen molar-refractivity contribution < 1.29 is 67.6 Å². The van der Waals surface area contributed by atoms with Crippen molar-refractivity contribution in [2.75, 3.05) is 5.32 Å². The monoisotopic (exact) mass is 480 g/mol. The van der Waals surface area contributed by atoms with Crippen molar-refractivity contribution in [1.82, 2.24) is 0 Å². The van der Waals surface area contributed by atoms with E-state index in [9.17, 15) is 38.1 Å². The molecule has 0 aromatic heterocycles. The second-order valence-electron chi connectivity index (χ2n) is 6.70. The van der Waals surface area contributed by atoms with E-state index in [-0.39, 0.29) is 59.2 Å². The summed E-state index contributed by atoms with van der Waals surface area (Å²) in [4.78, 5) is 26.9. The second kappa shape index (κ2) is 11.2. The molecule has 0 saturated carbocycles. The number of halogens is 4. The van der Waals surface area contributed by atoms with E-state index in [1.165, 1.54) is 0 Å². The Morgan fingerprint density at radius 1 is 1.19 bits per heavy atom. The van der Waals surface area contributed by atoms with Gasteiger partial charge in [0.15, 0.2) is 6.04 Å². The van der Waals surface area contributed by atoms with Crippen LogP contribution in [0, 0.1) is 0 Å². The fraction of sp³-hybridized carbons (Fsp3) is 0.250. The number of aliphatic hydroxyl groups is 1. The van der Waals surface area contributed by atoms with Crippen LogP contribution in [-0.2, 0) is 16.0 Å². The average molecular weight is 481 g/mol. The number of carbonyl (C=O) groups excluding carboxylic acids is 1. The molecule has 0 radical (unpaired) electrons. The van der Waals surface area contributed by atoms with E-state index in [1.807, 2.05) is 5.32 Å². The van der Waals surface area contributed by atoms with E-state index in [0.29, 0.717) is 5.56 Å². The zero-order chi connectivity index (χ0) is 23.4. The number of carbonyl (C=O) groups is 2. The Morgan fingerprint density at radius 3 is 2.28 bits per heavy atom. The Kier molecular flexibility index (Phi) is 9.73. The van der Waals surface area contributed by atoms with Gasteiger partial charge in [0.25, 0.3) is 5.91 Å². The molecule has 7 nitrogen and oxygen atoms in total. The summed E-state index contributed by atoms with van der Waals surface area (Å²) in [6.45, 7) is 0.284. The standard InChI is InChI=1S/C20H18ClF3N2O5.Na/c1-19(31,20(22,23)24)18(30)26-14-8-7-12(10-13(14)21)16(27)25-15(17(28)29)9-11-5-3-2-4-6-11;/h2-8,10,15,31H,9H2,1H3,(H,25,27)(H,26,30)(H,28,29);/q;+1/p-1/t15-,19?;/m0./s1. The first-order valence-corrected chi connectivity index (χ1v) is 9.12. The van der Waals surface area contributed by atoms with Gasteiger partial charge in [0.2, 0.25) is 5.60 Å². The van der Waals surface area contributed by atoms with E-state index < -0.39 is 35.6 Å². The number of benzene rings is 2. The largest absolute Gasteiger partial charge is 1.00 e. The van der Waals surface area contributed by atoms with E-state index in [2.05, 4.69) is 4.99 Å². The Balaban J connectivity index is 0.00000512. The molecule has 3 N–H and O–H groups in total. The second-order valence-corrected chi connectivity index (χ2v) is 7.10. The van der Waals surface area contributed by atoms with Crippen LogP contribution < -0.4 is 40.0 Å². The molecule has 0 heterocycles. The summed E-state index contributed by atoms with van der Waals surface area (Å²) in [6, 6.07) is 10.3. The number of anilines is 1. The molecule has 0 fully saturated rings. The molecular weight excluding hydrogens is 464 g/mol. The Bertz CT molecular complexity index is 1000. The number of hydrogen-bond donors (Lipinski definition) is 3. The van der Waals surface area contributed by atoms with Gasteiger partial charge in [-0.2, -0.15) is 13.2 Å². The van der Waals surface area contributed by atoms with Crippen molar-refractivity contribution in [2.24, 2.45) is 4.99 Å². The number of amides is 1. The Labute approximate surface area is 208 Å². The summed E-state index contributed by atoms with van der Waals surface area (Å²) < 4.78 is 38.3. The van der Waals surface area contributed by atoms with Gasteiger partial charge in [-0.15, -0.1) is 0 Å². The van der Waals surface area contributed by atoms with Gasteiger partial charge in [0, 0.05) is 6.42 Å². The molecule has 2 rings (SSSR count). The first kappa shape index (κ1) is 27.9. The Hall–Kier alpha value is -2.11. The number of hydrogen-bond acceptors (Lipinski definition) is 5. The molecular formula is C20H17ClF3N2NaO5. The smallest absolute Gasteiger partial charge is 0.858 e. The Morgan fingerprint density at radius 2 is 1.78 bits per heavy atom. The van der Waals surface area contributed by atoms with Gasteiger partial charge < -0.3 is 20.6 Å². The minimum Gasteiger partial charge on any atom is -0.858 e. The molecule has 0 aliphatic rings. The van der Waals surface area contributed by atoms with Gasteiger partial charge in [-0.25, -0.2) is 4.79 Å². The van der Waals surface area contributed by atoms with Gasteiger partial charge in [-0.05, 0) is 36.1 Å². The number of nitrogens with zero attached hydrogens (tertiary/aromatic N) is 1. The van der Waals surface area contributed by atoms with Gasteiger partial charge >= 0.3 is 41.7 Å². The van der Waals surface area contributed by atoms with Crippen LogP contribution in [0.2, 0.25) is 5.02 Å². The quantitative estimate of drug-likeness (QED) is 0.277. The predicted molar refractivity (Wildman–Crippen MR) is 105 cm³/mol. The third-order valence-electron chi connectivity index (χ3n) is 4.29. The summed E-state index contributed by atoms with van der Waals surface area (Å²) in [6.07, 6.45) is -5.25. The van der Waals surface area contributed by atoms with Crippen LogP contribution >= 0.6 is 11.6 Å². The first-order valence-electron chi connectivity index (χ1n) is 8.75. The minimum absolute atomic E-state index is 0. The third-order valence-corrected chi connectivity index (χ3v) is 4.60. The molecule has 2 atom stereocenters. The maximum atomic E-state index is 12.8. The molecule has 32 heavy (non-hydrogen) atoms. The number of aliphatic imine (C=N–C) groups is 1. The minimum atomic E-state index is -5.22. The normalized spacial score (nSPS) is 14.6. The van der Waals surface area contributed by atoms with Crippen LogP contribution in [-0.4, -0.2) is 45.8 Å². The fourth-order valence-corrected chi connectivity index (χ4v) is 2.59. The van der Waals surface area contributed by atoms with E-state index in [0.717, 1.165) is 18.2 Å². The number of carboxylic acids is 1. The van der Waals surface area contributed by atoms with Crippen molar-refractivity contribution in [3.8, 4) is 0 Å². The summed E-state index contributed by atoms with van der Waals surface area (Å²) >= 11 is 5.92. The van der Waals surface area contributed by atoms with Crippen molar-refractivity contribution in [2.45, 2.75) is 31.2 Å². The van der Waals surface area contributed by atoms with Crippen molar-refractivity contribution in [3.05, 3.63) is 64.7 Å². The zero-order valence-corrected chi connectivity index (χ0v) is 19.7. The third kappa shape index (κ3) is 6.94. The fourth-order valence-electron chi connectivity index (χ4n) is 2.36. The molecule has 12 heteroatoms. The van der Waals surface area contributed by atoms with Crippen LogP contribution in [0.4, 0.5) is 18.9 Å². The van der Waals surface area contributed by atoms with Gasteiger partial charge in [-0.1, -0.05) is 48.0 Å². The maximum absolute atomic E-state index is 12.8. The first-order chi connectivity index (χ1) is 14.3. The zero-order valence-electron chi connectivity index (χ0n) is 17.0. The van der Waals surface area contributed by atoms with E-state index >= 15 is 0 Å². The summed E-state index contributed by atoms with van der Waals surface area (Å²) in [5, 5.41) is 32.6. The van der Waals surface area contributed by atoms with E-state index in [1.54, 1.807) is 30.3 Å². The summed E-state index contributed by atoms with van der Waals surface area (Å²) in [7, 11) is 0. The molecule has 0 saturated heterocycles. The van der Waals surface area contributed by atoms with E-state index in [4.69, 9.17) is 11.6 Å². The number of rotatable bonds is 7.